The molecule has 0 N–H and O–H groups in total. The van der Waals surface area contributed by atoms with Crippen molar-refractivity contribution in [2.45, 2.75) is 17.8 Å². The van der Waals surface area contributed by atoms with Crippen molar-refractivity contribution in [2.24, 2.45) is 0 Å². The first-order valence-corrected chi connectivity index (χ1v) is 8.84. The van der Waals surface area contributed by atoms with Crippen LogP contribution in [0.5, 0.6) is 0 Å². The predicted molar refractivity (Wildman–Crippen MR) is 94.8 cm³/mol. The van der Waals surface area contributed by atoms with E-state index in [0.717, 1.165) is 31.9 Å². The molecule has 0 bridgehead atoms. The molecule has 0 fully saturated rings. The third-order valence-electron chi connectivity index (χ3n) is 3.16. The van der Waals surface area contributed by atoms with Crippen LogP contribution in [0.3, 0.4) is 0 Å². The van der Waals surface area contributed by atoms with Crippen LogP contribution in [0, 0.1) is 6.92 Å². The summed E-state index contributed by atoms with van der Waals surface area (Å²) in [7, 11) is 0. The molecule has 0 spiro atoms. The Morgan fingerprint density at radius 3 is 2.41 bits per heavy atom. The summed E-state index contributed by atoms with van der Waals surface area (Å²) in [5.41, 5.74) is 2.27. The Morgan fingerprint density at radius 2 is 1.73 bits per heavy atom. The van der Waals surface area contributed by atoms with E-state index in [2.05, 4.69) is 38.3 Å². The van der Waals surface area contributed by atoms with Gasteiger partial charge in [-0.3, -0.25) is 4.57 Å². The van der Waals surface area contributed by atoms with Crippen LogP contribution in [0.4, 0.5) is 0 Å². The van der Waals surface area contributed by atoms with Gasteiger partial charge in [0.2, 0.25) is 0 Å². The molecule has 6 heteroatoms. The number of aromatic nitrogens is 3. The second-order valence-corrected chi connectivity index (χ2v) is 7.05. The molecule has 22 heavy (non-hydrogen) atoms. The first-order valence-electron chi connectivity index (χ1n) is 6.69. The van der Waals surface area contributed by atoms with Gasteiger partial charge in [-0.05, 0) is 48.9 Å². The van der Waals surface area contributed by atoms with Crippen LogP contribution in [0.25, 0.3) is 5.69 Å². The fourth-order valence-corrected chi connectivity index (χ4v) is 3.40. The minimum Gasteiger partial charge on any atom is -0.274 e. The topological polar surface area (TPSA) is 30.7 Å². The molecule has 0 aliphatic carbocycles. The SMILES string of the molecule is Cc1nnc(SCc2ccc(Br)cc2)n1-c1ccc(Cl)cc1. The van der Waals surface area contributed by atoms with E-state index in [4.69, 9.17) is 11.6 Å². The highest BCUT2D eigenvalue weighted by Crippen LogP contribution is 2.26. The largest absolute Gasteiger partial charge is 0.274 e. The minimum absolute atomic E-state index is 0.721. The number of hydrogen-bond donors (Lipinski definition) is 0. The van der Waals surface area contributed by atoms with Crippen LogP contribution in [0.15, 0.2) is 58.2 Å². The molecule has 1 aromatic heterocycles. The van der Waals surface area contributed by atoms with Crippen molar-refractivity contribution in [3.05, 3.63) is 69.4 Å². The molecule has 0 amide bonds. The summed E-state index contributed by atoms with van der Waals surface area (Å²) in [5.74, 6) is 1.71. The molecule has 3 aromatic rings. The van der Waals surface area contributed by atoms with Gasteiger partial charge in [-0.2, -0.15) is 0 Å². The molecule has 0 aliphatic rings. The van der Waals surface area contributed by atoms with Crippen molar-refractivity contribution in [1.82, 2.24) is 14.8 Å². The molecule has 112 valence electrons. The lowest BCUT2D eigenvalue weighted by atomic mass is 10.2. The minimum atomic E-state index is 0.721. The number of halogens is 2. The molecule has 0 atom stereocenters. The highest BCUT2D eigenvalue weighted by Gasteiger charge is 2.11. The Labute approximate surface area is 146 Å². The van der Waals surface area contributed by atoms with E-state index in [1.54, 1.807) is 11.8 Å². The van der Waals surface area contributed by atoms with Crippen LogP contribution in [0.2, 0.25) is 5.02 Å². The first-order chi connectivity index (χ1) is 10.6. The van der Waals surface area contributed by atoms with Gasteiger partial charge in [-0.15, -0.1) is 10.2 Å². The summed E-state index contributed by atoms with van der Waals surface area (Å²) in [4.78, 5) is 0. The molecule has 2 aromatic carbocycles. The fourth-order valence-electron chi connectivity index (χ4n) is 2.05. The molecule has 3 rings (SSSR count). The van der Waals surface area contributed by atoms with E-state index in [0.29, 0.717) is 0 Å². The van der Waals surface area contributed by atoms with Crippen molar-refractivity contribution in [1.29, 1.82) is 0 Å². The summed E-state index contributed by atoms with van der Waals surface area (Å²) in [6, 6.07) is 16.0. The predicted octanol–water partition coefficient (Wildman–Crippen LogP) is 5.28. The number of aryl methyl sites for hydroxylation is 1. The smallest absolute Gasteiger partial charge is 0.196 e. The van der Waals surface area contributed by atoms with Crippen molar-refractivity contribution in [3.63, 3.8) is 0 Å². The number of benzene rings is 2. The molecule has 0 unspecified atom stereocenters. The first kappa shape index (κ1) is 15.6. The van der Waals surface area contributed by atoms with Gasteiger partial charge in [0, 0.05) is 20.9 Å². The zero-order valence-corrected chi connectivity index (χ0v) is 15.0. The average molecular weight is 395 g/mol. The average Bonchev–Trinajstić information content (AvgIpc) is 2.89. The highest BCUT2D eigenvalue weighted by atomic mass is 79.9. The number of hydrogen-bond acceptors (Lipinski definition) is 3. The molecule has 0 aliphatic heterocycles. The monoisotopic (exact) mass is 393 g/mol. The molecule has 3 nitrogen and oxygen atoms in total. The normalized spacial score (nSPS) is 10.9. The lowest BCUT2D eigenvalue weighted by Gasteiger charge is -2.08. The van der Waals surface area contributed by atoms with Crippen molar-refractivity contribution in [3.8, 4) is 5.69 Å². The van der Waals surface area contributed by atoms with Gasteiger partial charge in [-0.25, -0.2) is 0 Å². The Kier molecular flexibility index (Phi) is 4.86. The third kappa shape index (κ3) is 3.54. The zero-order chi connectivity index (χ0) is 15.5. The molecule has 1 heterocycles. The number of nitrogens with zero attached hydrogens (tertiary/aromatic N) is 3. The number of rotatable bonds is 4. The molecule has 0 saturated carbocycles. The Bertz CT molecular complexity index is 769. The summed E-state index contributed by atoms with van der Waals surface area (Å²) >= 11 is 11.1. The summed E-state index contributed by atoms with van der Waals surface area (Å²) < 4.78 is 3.13. The third-order valence-corrected chi connectivity index (χ3v) is 4.94. The lowest BCUT2D eigenvalue weighted by molar-refractivity contribution is 0.868. The van der Waals surface area contributed by atoms with Crippen molar-refractivity contribution < 1.29 is 0 Å². The van der Waals surface area contributed by atoms with Crippen LogP contribution in [-0.4, -0.2) is 14.8 Å². The van der Waals surface area contributed by atoms with Crippen LogP contribution < -0.4 is 0 Å². The van der Waals surface area contributed by atoms with Gasteiger partial charge in [0.25, 0.3) is 0 Å². The van der Waals surface area contributed by atoms with Crippen molar-refractivity contribution in [2.75, 3.05) is 0 Å². The highest BCUT2D eigenvalue weighted by molar-refractivity contribution is 9.10. The quantitative estimate of drug-likeness (QED) is 0.564. The van der Waals surface area contributed by atoms with E-state index in [1.165, 1.54) is 5.56 Å². The standard InChI is InChI=1S/C16H13BrClN3S/c1-11-19-20-16(21(11)15-8-6-14(18)7-9-15)22-10-12-2-4-13(17)5-3-12/h2-9H,10H2,1H3. The second kappa shape index (κ2) is 6.86. The zero-order valence-electron chi connectivity index (χ0n) is 11.8. The number of thioether (sulfide) groups is 1. The second-order valence-electron chi connectivity index (χ2n) is 4.76. The fraction of sp³-hybridized carbons (Fsp3) is 0.125. The van der Waals surface area contributed by atoms with Crippen molar-refractivity contribution >= 4 is 39.3 Å². The molecule has 0 saturated heterocycles. The van der Waals surface area contributed by atoms with Gasteiger partial charge < -0.3 is 0 Å². The summed E-state index contributed by atoms with van der Waals surface area (Å²) in [6.07, 6.45) is 0. The van der Waals surface area contributed by atoms with E-state index in [9.17, 15) is 0 Å². The maximum atomic E-state index is 5.96. The Balaban J connectivity index is 1.83. The van der Waals surface area contributed by atoms with Crippen LogP contribution >= 0.6 is 39.3 Å². The summed E-state index contributed by atoms with van der Waals surface area (Å²) in [5, 5.41) is 10.1. The molecular formula is C16H13BrClN3S. The van der Waals surface area contributed by atoms with E-state index >= 15 is 0 Å². The molecular weight excluding hydrogens is 382 g/mol. The van der Waals surface area contributed by atoms with Gasteiger partial charge >= 0.3 is 0 Å². The molecule has 0 radical (unpaired) electrons. The summed E-state index contributed by atoms with van der Waals surface area (Å²) in [6.45, 7) is 1.95. The van der Waals surface area contributed by atoms with E-state index < -0.39 is 0 Å². The van der Waals surface area contributed by atoms with E-state index in [1.807, 2.05) is 47.9 Å². The van der Waals surface area contributed by atoms with Gasteiger partial charge in [-0.1, -0.05) is 51.4 Å². The maximum Gasteiger partial charge on any atom is 0.196 e. The Morgan fingerprint density at radius 1 is 1.05 bits per heavy atom. The Hall–Kier alpha value is -1.30. The van der Waals surface area contributed by atoms with Crippen LogP contribution in [-0.2, 0) is 5.75 Å². The van der Waals surface area contributed by atoms with Gasteiger partial charge in [0.05, 0.1) is 0 Å². The lowest BCUT2D eigenvalue weighted by Crippen LogP contribution is -1.99. The van der Waals surface area contributed by atoms with E-state index in [-0.39, 0.29) is 0 Å². The van der Waals surface area contributed by atoms with Gasteiger partial charge in [0.1, 0.15) is 5.82 Å². The maximum absolute atomic E-state index is 5.96. The van der Waals surface area contributed by atoms with Crippen LogP contribution in [0.1, 0.15) is 11.4 Å². The van der Waals surface area contributed by atoms with Gasteiger partial charge in [0.15, 0.2) is 5.16 Å².